The van der Waals surface area contributed by atoms with Gasteiger partial charge in [0.15, 0.2) is 0 Å². The van der Waals surface area contributed by atoms with Crippen LogP contribution in [0.25, 0.3) is 0 Å². The van der Waals surface area contributed by atoms with Crippen molar-refractivity contribution in [2.75, 3.05) is 7.05 Å². The summed E-state index contributed by atoms with van der Waals surface area (Å²) in [5.41, 5.74) is 0. The van der Waals surface area contributed by atoms with E-state index in [1.165, 1.54) is 6.04 Å². The molecule has 0 unspecified atom stereocenters. The van der Waals surface area contributed by atoms with E-state index in [9.17, 15) is 0 Å². The third-order valence-electron chi connectivity index (χ3n) is 1.21. The van der Waals surface area contributed by atoms with E-state index in [0.29, 0.717) is 0 Å². The Bertz CT molecular complexity index is 25.7. The van der Waals surface area contributed by atoms with Crippen molar-refractivity contribution in [3.63, 3.8) is 0 Å². The minimum Gasteiger partial charge on any atom is -0.313 e. The highest BCUT2D eigenvalue weighted by molar-refractivity contribution is 4.79. The quantitative estimate of drug-likeness (QED) is 0.567. The number of hydrogen-bond donors (Lipinski definition) is 1. The van der Waals surface area contributed by atoms with Crippen LogP contribution in [0.5, 0.6) is 0 Å². The van der Waals surface area contributed by atoms with Crippen LogP contribution in [0.4, 0.5) is 0 Å². The highest BCUT2D eigenvalue weighted by Crippen LogP contribution is 2.02. The molecule has 0 aliphatic rings. The Morgan fingerprint density at radius 1 is 1.29 bits per heavy atom. The minimum absolute atomic E-state index is 1.16. The third-order valence-corrected chi connectivity index (χ3v) is 1.21. The van der Waals surface area contributed by atoms with Gasteiger partial charge in [0, 0.05) is 6.04 Å². The van der Waals surface area contributed by atoms with E-state index in [4.69, 9.17) is 0 Å². The van der Waals surface area contributed by atoms with Crippen molar-refractivity contribution in [3.8, 4) is 0 Å². The first kappa shape index (κ1) is 6.96. The molecule has 0 spiro atoms. The van der Waals surface area contributed by atoms with Gasteiger partial charge >= 0.3 is 0 Å². The van der Waals surface area contributed by atoms with Crippen LogP contribution in [0.1, 0.15) is 26.7 Å². The Balaban J connectivity index is 2.99. The van der Waals surface area contributed by atoms with Crippen LogP contribution in [0.2, 0.25) is 0 Å². The molecule has 7 heavy (non-hydrogen) atoms. The van der Waals surface area contributed by atoms with Crippen LogP contribution >= 0.6 is 0 Å². The van der Waals surface area contributed by atoms with Crippen molar-refractivity contribution in [2.24, 2.45) is 0 Å². The van der Waals surface area contributed by atoms with Gasteiger partial charge in [0.25, 0.3) is 0 Å². The first-order chi connectivity index (χ1) is 3.35. The predicted octanol–water partition coefficient (Wildman–Crippen LogP) is 1.56. The van der Waals surface area contributed by atoms with E-state index in [-0.39, 0.29) is 0 Å². The Morgan fingerprint density at radius 2 is 1.71 bits per heavy atom. The largest absolute Gasteiger partial charge is 0.313 e. The van der Waals surface area contributed by atoms with Gasteiger partial charge in [-0.05, 0) is 19.9 Å². The highest BCUT2D eigenvalue weighted by atomic mass is 14.9. The molecule has 0 aromatic heterocycles. The monoisotopic (exact) mass is 100 g/mol. The molecule has 0 saturated heterocycles. The van der Waals surface area contributed by atoms with Crippen LogP contribution in [-0.2, 0) is 0 Å². The van der Waals surface area contributed by atoms with Crippen molar-refractivity contribution in [1.29, 1.82) is 0 Å². The summed E-state index contributed by atoms with van der Waals surface area (Å²) in [7, 11) is 1.97. The zero-order valence-electron chi connectivity index (χ0n) is 5.41. The normalized spacial score (nSPS) is 10.3. The molecule has 0 aromatic rings. The van der Waals surface area contributed by atoms with E-state index in [0.717, 1.165) is 12.8 Å². The maximum Gasteiger partial charge on any atom is 0.0355 e. The summed E-state index contributed by atoms with van der Waals surface area (Å²) >= 11 is 0. The molecule has 0 rings (SSSR count). The molecule has 0 atom stereocenters. The third kappa shape index (κ3) is 2.63. The lowest BCUT2D eigenvalue weighted by atomic mass is 10.2. The molecular weight excluding hydrogens is 86.1 g/mol. The molecule has 0 bridgehead atoms. The molecule has 0 saturated carbocycles. The summed E-state index contributed by atoms with van der Waals surface area (Å²) in [4.78, 5) is 0. The summed E-state index contributed by atoms with van der Waals surface area (Å²) in [6, 6.07) is 1.43. The van der Waals surface area contributed by atoms with E-state index in [1.54, 1.807) is 0 Å². The molecule has 0 heterocycles. The Labute approximate surface area is 46.1 Å². The highest BCUT2D eigenvalue weighted by Gasteiger charge is 1.95. The van der Waals surface area contributed by atoms with Crippen LogP contribution in [0.15, 0.2) is 0 Å². The van der Waals surface area contributed by atoms with Gasteiger partial charge in [0.1, 0.15) is 0 Å². The van der Waals surface area contributed by atoms with Crippen LogP contribution in [0.3, 0.4) is 0 Å². The average Bonchev–Trinajstić information content (AvgIpc) is 1.72. The van der Waals surface area contributed by atoms with Gasteiger partial charge in [-0.25, -0.2) is 0 Å². The van der Waals surface area contributed by atoms with Gasteiger partial charge in [-0.3, -0.25) is 0 Å². The second-order valence-corrected chi connectivity index (χ2v) is 1.56. The summed E-state index contributed by atoms with van der Waals surface area (Å²) in [5, 5.41) is 3.12. The zero-order chi connectivity index (χ0) is 5.70. The minimum atomic E-state index is 1.16. The fraction of sp³-hybridized carbons (Fsp3) is 0.833. The van der Waals surface area contributed by atoms with Crippen LogP contribution in [0, 0.1) is 6.04 Å². The number of nitrogens with one attached hydrogen (secondary N) is 1. The molecule has 0 aliphatic carbocycles. The van der Waals surface area contributed by atoms with Crippen LogP contribution in [-0.4, -0.2) is 7.05 Å². The molecule has 0 amide bonds. The van der Waals surface area contributed by atoms with E-state index >= 15 is 0 Å². The topological polar surface area (TPSA) is 12.0 Å². The van der Waals surface area contributed by atoms with Gasteiger partial charge in [0.2, 0.25) is 0 Å². The van der Waals surface area contributed by atoms with Crippen LogP contribution < -0.4 is 5.32 Å². The van der Waals surface area contributed by atoms with E-state index in [1.807, 2.05) is 7.05 Å². The maximum absolute atomic E-state index is 3.12. The first-order valence-electron chi connectivity index (χ1n) is 2.87. The van der Waals surface area contributed by atoms with E-state index in [2.05, 4.69) is 19.2 Å². The van der Waals surface area contributed by atoms with Crippen molar-refractivity contribution in [1.82, 2.24) is 5.32 Å². The van der Waals surface area contributed by atoms with Gasteiger partial charge in [-0.2, -0.15) is 0 Å². The lowest BCUT2D eigenvalue weighted by Gasteiger charge is -2.06. The van der Waals surface area contributed by atoms with Gasteiger partial charge in [-0.15, -0.1) is 0 Å². The lowest BCUT2D eigenvalue weighted by molar-refractivity contribution is 0.682. The molecule has 1 heteroatoms. The fourth-order valence-corrected chi connectivity index (χ4v) is 0.604. The fourth-order valence-electron chi connectivity index (χ4n) is 0.604. The average molecular weight is 100 g/mol. The standard InChI is InChI=1S/C6H14N/c1-4-6(5-2)7-3/h7H,4-5H2,1-3H3. The number of hydrogen-bond acceptors (Lipinski definition) is 1. The predicted molar refractivity (Wildman–Crippen MR) is 32.9 cm³/mol. The summed E-state index contributed by atoms with van der Waals surface area (Å²) < 4.78 is 0. The summed E-state index contributed by atoms with van der Waals surface area (Å²) in [5.74, 6) is 0. The SMILES string of the molecule is CC[C](CC)NC. The zero-order valence-corrected chi connectivity index (χ0v) is 5.41. The molecule has 0 aromatic carbocycles. The van der Waals surface area contributed by atoms with Gasteiger partial charge in [-0.1, -0.05) is 13.8 Å². The summed E-state index contributed by atoms with van der Waals surface area (Å²) in [6.45, 7) is 4.32. The molecule has 43 valence electrons. The molecule has 0 aliphatic heterocycles. The maximum atomic E-state index is 3.12. The molecule has 1 N–H and O–H groups in total. The molecule has 1 radical (unpaired) electrons. The Morgan fingerprint density at radius 3 is 1.71 bits per heavy atom. The number of rotatable bonds is 3. The van der Waals surface area contributed by atoms with E-state index < -0.39 is 0 Å². The summed E-state index contributed by atoms with van der Waals surface area (Å²) in [6.07, 6.45) is 2.32. The van der Waals surface area contributed by atoms with Gasteiger partial charge in [0.05, 0.1) is 0 Å². The smallest absolute Gasteiger partial charge is 0.0355 e. The van der Waals surface area contributed by atoms with Crippen molar-refractivity contribution < 1.29 is 0 Å². The molecular formula is C6H14N. The van der Waals surface area contributed by atoms with Crippen molar-refractivity contribution in [2.45, 2.75) is 26.7 Å². The van der Waals surface area contributed by atoms with Crippen molar-refractivity contribution >= 4 is 0 Å². The second-order valence-electron chi connectivity index (χ2n) is 1.56. The first-order valence-corrected chi connectivity index (χ1v) is 2.87. The second kappa shape index (κ2) is 4.13. The van der Waals surface area contributed by atoms with Crippen molar-refractivity contribution in [3.05, 3.63) is 6.04 Å². The lowest BCUT2D eigenvalue weighted by Crippen LogP contribution is -2.13. The molecule has 0 fully saturated rings. The Kier molecular flexibility index (Phi) is 4.10. The Hall–Kier alpha value is -0.0400. The molecule has 1 nitrogen and oxygen atoms in total. The van der Waals surface area contributed by atoms with Gasteiger partial charge < -0.3 is 5.32 Å².